The number of rotatable bonds is 6. The van der Waals surface area contributed by atoms with E-state index in [1.165, 1.54) is 0 Å². The summed E-state index contributed by atoms with van der Waals surface area (Å²) in [4.78, 5) is 34.5. The normalized spacial score (nSPS) is 18.4. The fourth-order valence-electron chi connectivity index (χ4n) is 5.48. The van der Waals surface area contributed by atoms with Crippen LogP contribution in [0.15, 0.2) is 48.9 Å². The number of H-pyrrole nitrogens is 1. The van der Waals surface area contributed by atoms with Crippen molar-refractivity contribution in [1.29, 1.82) is 0 Å². The van der Waals surface area contributed by atoms with Gasteiger partial charge in [0, 0.05) is 49.8 Å². The molecule has 0 aliphatic carbocycles. The monoisotopic (exact) mass is 526 g/mol. The molecule has 2 aliphatic rings. The van der Waals surface area contributed by atoms with Gasteiger partial charge in [0.2, 0.25) is 0 Å². The van der Waals surface area contributed by atoms with Crippen molar-refractivity contribution in [3.63, 3.8) is 0 Å². The van der Waals surface area contributed by atoms with Crippen LogP contribution in [0.4, 0.5) is 11.5 Å². The summed E-state index contributed by atoms with van der Waals surface area (Å²) >= 11 is 0. The molecule has 202 valence electrons. The zero-order valence-corrected chi connectivity index (χ0v) is 22.2. The van der Waals surface area contributed by atoms with Crippen LogP contribution in [-0.4, -0.2) is 76.2 Å². The lowest BCUT2D eigenvalue weighted by atomic mass is 10.0. The van der Waals surface area contributed by atoms with Crippen molar-refractivity contribution in [3.05, 3.63) is 65.7 Å². The minimum absolute atomic E-state index is 0.214. The highest BCUT2D eigenvalue weighted by Crippen LogP contribution is 2.30. The summed E-state index contributed by atoms with van der Waals surface area (Å²) in [6.07, 6.45) is 5.49. The number of hydrogen-bond acceptors (Lipinski definition) is 8. The van der Waals surface area contributed by atoms with Crippen LogP contribution in [0.25, 0.3) is 22.3 Å². The number of ether oxygens (including phenoxy) is 1. The van der Waals surface area contributed by atoms with Gasteiger partial charge < -0.3 is 25.7 Å². The van der Waals surface area contributed by atoms with E-state index in [9.17, 15) is 4.79 Å². The van der Waals surface area contributed by atoms with Crippen LogP contribution in [-0.2, 0) is 11.3 Å². The topological polar surface area (TPSA) is 125 Å². The minimum Gasteiger partial charge on any atom is -0.378 e. The van der Waals surface area contributed by atoms with Crippen molar-refractivity contribution in [2.75, 3.05) is 49.6 Å². The van der Waals surface area contributed by atoms with Crippen LogP contribution in [0.5, 0.6) is 0 Å². The maximum Gasteiger partial charge on any atom is 0.274 e. The average molecular weight is 527 g/mol. The van der Waals surface area contributed by atoms with Gasteiger partial charge in [0.05, 0.1) is 18.6 Å². The Morgan fingerprint density at radius 3 is 2.74 bits per heavy atom. The number of aromatic nitrogens is 4. The fraction of sp³-hybridized carbons (Fsp3) is 0.379. The number of anilines is 2. The van der Waals surface area contributed by atoms with Crippen molar-refractivity contribution in [1.82, 2.24) is 24.8 Å². The lowest BCUT2D eigenvalue weighted by molar-refractivity contribution is 0.102. The number of nitrogens with one attached hydrogen (secondary N) is 2. The van der Waals surface area contributed by atoms with E-state index in [0.29, 0.717) is 24.6 Å². The van der Waals surface area contributed by atoms with Crippen molar-refractivity contribution in [3.8, 4) is 11.3 Å². The zero-order chi connectivity index (χ0) is 26.8. The lowest BCUT2D eigenvalue weighted by Gasteiger charge is -2.31. The predicted molar refractivity (Wildman–Crippen MR) is 152 cm³/mol. The Bertz CT molecular complexity index is 1460. The van der Waals surface area contributed by atoms with Gasteiger partial charge in [-0.3, -0.25) is 14.7 Å². The van der Waals surface area contributed by atoms with E-state index < -0.39 is 0 Å². The first-order chi connectivity index (χ1) is 19.0. The maximum absolute atomic E-state index is 13.1. The number of aromatic amines is 1. The van der Waals surface area contributed by atoms with Crippen LogP contribution in [0.1, 0.15) is 34.5 Å². The molecule has 6 rings (SSSR count). The minimum atomic E-state index is -0.214. The summed E-state index contributed by atoms with van der Waals surface area (Å²) in [7, 11) is 0. The molecule has 0 saturated carbocycles. The molecule has 1 amide bonds. The maximum atomic E-state index is 13.1. The third-order valence-corrected chi connectivity index (χ3v) is 7.64. The summed E-state index contributed by atoms with van der Waals surface area (Å²) in [5.41, 5.74) is 12.1. The molecule has 2 saturated heterocycles. The van der Waals surface area contributed by atoms with E-state index >= 15 is 0 Å². The molecule has 0 unspecified atom stereocenters. The number of pyridine rings is 1. The Balaban J connectivity index is 1.16. The number of nitrogens with two attached hydrogens (primary N) is 1. The highest BCUT2D eigenvalue weighted by Gasteiger charge is 2.20. The highest BCUT2D eigenvalue weighted by atomic mass is 16.5. The Morgan fingerprint density at radius 2 is 1.95 bits per heavy atom. The number of amides is 1. The standard InChI is InChI=1S/C29H34N8O2/c1-19-21(16-36-10-2-3-22(30)17-36)8-9-31-26(19)29(38)34-23-6-4-20(5-7-23)25-15-24-27(35-25)32-18-33-28(24)37-11-13-39-14-12-37/h4-9,15,18,22H,2-3,10-14,16-17,30H2,1H3,(H,34,38)(H,32,33,35)/t22-/m1/s1. The number of morpholine rings is 1. The van der Waals surface area contributed by atoms with Gasteiger partial charge in [-0.1, -0.05) is 12.1 Å². The van der Waals surface area contributed by atoms with Gasteiger partial charge >= 0.3 is 0 Å². The van der Waals surface area contributed by atoms with E-state index in [1.54, 1.807) is 12.5 Å². The molecule has 0 bridgehead atoms. The van der Waals surface area contributed by atoms with E-state index in [2.05, 4.69) is 41.1 Å². The number of piperidine rings is 1. The van der Waals surface area contributed by atoms with Gasteiger partial charge in [-0.05, 0) is 67.3 Å². The van der Waals surface area contributed by atoms with Crippen LogP contribution >= 0.6 is 0 Å². The molecule has 39 heavy (non-hydrogen) atoms. The molecule has 10 nitrogen and oxygen atoms in total. The third-order valence-electron chi connectivity index (χ3n) is 7.64. The molecule has 3 aromatic heterocycles. The number of likely N-dealkylation sites (tertiary alicyclic amines) is 1. The quantitative estimate of drug-likeness (QED) is 0.349. The van der Waals surface area contributed by atoms with E-state index in [1.807, 2.05) is 37.3 Å². The van der Waals surface area contributed by atoms with Crippen molar-refractivity contribution < 1.29 is 9.53 Å². The molecule has 4 N–H and O–H groups in total. The summed E-state index contributed by atoms with van der Waals surface area (Å²) in [5.74, 6) is 0.705. The molecule has 10 heteroatoms. The summed E-state index contributed by atoms with van der Waals surface area (Å²) in [6, 6.07) is 12.1. The number of fused-ring (bicyclic) bond motifs is 1. The van der Waals surface area contributed by atoms with Crippen LogP contribution in [0.2, 0.25) is 0 Å². The van der Waals surface area contributed by atoms with Gasteiger partial charge in [-0.2, -0.15) is 0 Å². The SMILES string of the molecule is Cc1c(CN2CCC[C@@H](N)C2)ccnc1C(=O)Nc1ccc(-c2cc3c(N4CCOCC4)ncnc3[nH]2)cc1. The first-order valence-corrected chi connectivity index (χ1v) is 13.6. The van der Waals surface area contributed by atoms with Crippen LogP contribution in [0, 0.1) is 6.92 Å². The van der Waals surface area contributed by atoms with Gasteiger partial charge in [0.15, 0.2) is 0 Å². The Morgan fingerprint density at radius 1 is 1.13 bits per heavy atom. The number of hydrogen-bond donors (Lipinski definition) is 3. The van der Waals surface area contributed by atoms with Gasteiger partial charge in [-0.15, -0.1) is 0 Å². The van der Waals surface area contributed by atoms with Gasteiger partial charge in [0.1, 0.15) is 23.5 Å². The van der Waals surface area contributed by atoms with Crippen LogP contribution in [0.3, 0.4) is 0 Å². The summed E-state index contributed by atoms with van der Waals surface area (Å²) in [5, 5.41) is 3.99. The van der Waals surface area contributed by atoms with Gasteiger partial charge in [0.25, 0.3) is 5.91 Å². The Labute approximate surface area is 227 Å². The molecule has 5 heterocycles. The molecular formula is C29H34N8O2. The predicted octanol–water partition coefficient (Wildman–Crippen LogP) is 3.34. The highest BCUT2D eigenvalue weighted by molar-refractivity contribution is 6.04. The molecule has 1 atom stereocenters. The number of carbonyl (C=O) groups excluding carboxylic acids is 1. The van der Waals surface area contributed by atoms with Crippen molar-refractivity contribution >= 4 is 28.4 Å². The molecule has 2 aliphatic heterocycles. The smallest absolute Gasteiger partial charge is 0.274 e. The Hall–Kier alpha value is -3.86. The third kappa shape index (κ3) is 5.49. The van der Waals surface area contributed by atoms with Crippen LogP contribution < -0.4 is 16.0 Å². The van der Waals surface area contributed by atoms with Crippen molar-refractivity contribution in [2.45, 2.75) is 32.4 Å². The Kier molecular flexibility index (Phi) is 7.23. The fourth-order valence-corrected chi connectivity index (χ4v) is 5.48. The van der Waals surface area contributed by atoms with E-state index in [4.69, 9.17) is 10.5 Å². The largest absolute Gasteiger partial charge is 0.378 e. The van der Waals surface area contributed by atoms with E-state index in [0.717, 1.165) is 84.8 Å². The molecule has 1 aromatic carbocycles. The van der Waals surface area contributed by atoms with Gasteiger partial charge in [-0.25, -0.2) is 9.97 Å². The average Bonchev–Trinajstić information content (AvgIpc) is 3.40. The lowest BCUT2D eigenvalue weighted by Crippen LogP contribution is -2.42. The summed E-state index contributed by atoms with van der Waals surface area (Å²) in [6.45, 7) is 7.67. The molecular weight excluding hydrogens is 492 g/mol. The number of benzene rings is 1. The second-order valence-electron chi connectivity index (χ2n) is 10.4. The van der Waals surface area contributed by atoms with Crippen molar-refractivity contribution in [2.24, 2.45) is 5.73 Å². The second-order valence-corrected chi connectivity index (χ2v) is 10.4. The number of nitrogens with zero attached hydrogens (tertiary/aromatic N) is 5. The molecule has 0 spiro atoms. The van der Waals surface area contributed by atoms with E-state index in [-0.39, 0.29) is 11.9 Å². The molecule has 4 aromatic rings. The summed E-state index contributed by atoms with van der Waals surface area (Å²) < 4.78 is 5.49. The molecule has 0 radical (unpaired) electrons. The zero-order valence-electron chi connectivity index (χ0n) is 22.2. The first-order valence-electron chi connectivity index (χ1n) is 13.6. The molecule has 2 fully saturated rings. The first kappa shape index (κ1) is 25.4. The number of carbonyl (C=O) groups is 1. The second kappa shape index (κ2) is 11.1.